The first kappa shape index (κ1) is 24.5. The fourth-order valence-electron chi connectivity index (χ4n) is 2.67. The Bertz CT molecular complexity index is 891. The van der Waals surface area contributed by atoms with E-state index >= 15 is 0 Å². The molecule has 2 aromatic carbocycles. The van der Waals surface area contributed by atoms with Crippen LogP contribution in [0.3, 0.4) is 0 Å². The number of rotatable bonds is 10. The van der Waals surface area contributed by atoms with Crippen molar-refractivity contribution in [3.05, 3.63) is 69.7 Å². The van der Waals surface area contributed by atoms with Crippen LogP contribution in [0.2, 0.25) is 10.0 Å². The number of benzene rings is 2. The number of nitrogens with one attached hydrogen (secondary N) is 2. The van der Waals surface area contributed by atoms with Gasteiger partial charge < -0.3 is 26.2 Å². The zero-order valence-corrected chi connectivity index (χ0v) is 18.0. The highest BCUT2D eigenvalue weighted by Crippen LogP contribution is 2.25. The minimum Gasteiger partial charge on any atom is -0.445 e. The SMILES string of the molecule is NC(=O)[C@H](Cc1c(Cl)cccc1Cl)NC(=O)C[C@H](O)CNC(=O)OCc1ccccc1. The minimum atomic E-state index is -1.19. The van der Waals surface area contributed by atoms with Gasteiger partial charge in [0, 0.05) is 23.0 Å². The number of hydrogen-bond donors (Lipinski definition) is 4. The van der Waals surface area contributed by atoms with Gasteiger partial charge in [-0.25, -0.2) is 4.79 Å². The van der Waals surface area contributed by atoms with Gasteiger partial charge in [0.2, 0.25) is 11.8 Å². The number of carbonyl (C=O) groups excluding carboxylic acids is 3. The zero-order chi connectivity index (χ0) is 22.8. The summed E-state index contributed by atoms with van der Waals surface area (Å²) in [5.74, 6) is -1.40. The van der Waals surface area contributed by atoms with E-state index < -0.39 is 30.1 Å². The fourth-order valence-corrected chi connectivity index (χ4v) is 3.22. The highest BCUT2D eigenvalue weighted by molar-refractivity contribution is 6.36. The van der Waals surface area contributed by atoms with Crippen LogP contribution < -0.4 is 16.4 Å². The predicted octanol–water partition coefficient (Wildman–Crippen LogP) is 2.18. The average molecular weight is 468 g/mol. The maximum Gasteiger partial charge on any atom is 0.407 e. The molecule has 5 N–H and O–H groups in total. The Balaban J connectivity index is 1.78. The van der Waals surface area contributed by atoms with Gasteiger partial charge in [0.05, 0.1) is 12.5 Å². The summed E-state index contributed by atoms with van der Waals surface area (Å²) in [6, 6.07) is 12.9. The predicted molar refractivity (Wildman–Crippen MR) is 117 cm³/mol. The fraction of sp³-hybridized carbons (Fsp3) is 0.286. The van der Waals surface area contributed by atoms with Crippen LogP contribution in [-0.4, -0.2) is 41.7 Å². The van der Waals surface area contributed by atoms with Gasteiger partial charge in [-0.3, -0.25) is 9.59 Å². The molecule has 31 heavy (non-hydrogen) atoms. The lowest BCUT2D eigenvalue weighted by atomic mass is 10.0. The normalized spacial score (nSPS) is 12.5. The van der Waals surface area contributed by atoms with E-state index in [4.69, 9.17) is 33.7 Å². The highest BCUT2D eigenvalue weighted by Gasteiger charge is 2.22. The molecular weight excluding hydrogens is 445 g/mol. The molecule has 0 saturated heterocycles. The van der Waals surface area contributed by atoms with Gasteiger partial charge in [0.1, 0.15) is 12.6 Å². The van der Waals surface area contributed by atoms with Crippen LogP contribution in [0.4, 0.5) is 4.79 Å². The lowest BCUT2D eigenvalue weighted by Gasteiger charge is -2.18. The molecule has 0 aliphatic carbocycles. The van der Waals surface area contributed by atoms with Crippen LogP contribution in [0.15, 0.2) is 48.5 Å². The molecular formula is C21H23Cl2N3O5. The first-order valence-corrected chi connectivity index (χ1v) is 10.2. The van der Waals surface area contributed by atoms with E-state index in [9.17, 15) is 19.5 Å². The Labute approximate surface area is 189 Å². The molecule has 8 nitrogen and oxygen atoms in total. The molecule has 0 radical (unpaired) electrons. The standard InChI is InChI=1S/C21H23Cl2N3O5/c22-16-7-4-8-17(23)15(16)10-18(20(24)29)26-19(28)9-14(27)11-25-21(30)31-12-13-5-2-1-3-6-13/h1-8,14,18,27H,9-12H2,(H2,24,29)(H,25,30)(H,26,28)/t14-,18-/m0/s1. The van der Waals surface area contributed by atoms with Crippen molar-refractivity contribution in [2.75, 3.05) is 6.54 Å². The Morgan fingerprint density at radius 2 is 1.68 bits per heavy atom. The number of nitrogens with two attached hydrogens (primary N) is 1. The Morgan fingerprint density at radius 3 is 2.29 bits per heavy atom. The number of halogens is 2. The molecule has 2 atom stereocenters. The number of amides is 3. The molecule has 2 aromatic rings. The maximum atomic E-state index is 12.2. The number of carbonyl (C=O) groups is 3. The number of ether oxygens (including phenoxy) is 1. The lowest BCUT2D eigenvalue weighted by Crippen LogP contribution is -2.47. The van der Waals surface area contributed by atoms with Gasteiger partial charge in [-0.1, -0.05) is 59.6 Å². The van der Waals surface area contributed by atoms with Crippen molar-refractivity contribution in [3.63, 3.8) is 0 Å². The third-order valence-electron chi connectivity index (χ3n) is 4.26. The van der Waals surface area contributed by atoms with E-state index in [2.05, 4.69) is 10.6 Å². The molecule has 0 heterocycles. The zero-order valence-electron chi connectivity index (χ0n) is 16.5. The summed E-state index contributed by atoms with van der Waals surface area (Å²) in [6.45, 7) is -0.132. The summed E-state index contributed by atoms with van der Waals surface area (Å²) < 4.78 is 5.02. The largest absolute Gasteiger partial charge is 0.445 e. The Hall–Kier alpha value is -2.81. The van der Waals surface area contributed by atoms with Crippen LogP contribution in [-0.2, 0) is 27.4 Å². The summed E-state index contributed by atoms with van der Waals surface area (Å²) in [4.78, 5) is 35.6. The average Bonchev–Trinajstić information content (AvgIpc) is 2.73. The van der Waals surface area contributed by atoms with E-state index in [1.54, 1.807) is 30.3 Å². The second kappa shape index (κ2) is 12.1. The molecule has 2 rings (SSSR count). The molecule has 0 aliphatic heterocycles. The van der Waals surface area contributed by atoms with Crippen LogP contribution in [0.25, 0.3) is 0 Å². The molecule has 0 aliphatic rings. The molecule has 166 valence electrons. The molecule has 0 bridgehead atoms. The van der Waals surface area contributed by atoms with Crippen LogP contribution in [0.5, 0.6) is 0 Å². The molecule has 10 heteroatoms. The quantitative estimate of drug-likeness (QED) is 0.425. The monoisotopic (exact) mass is 467 g/mol. The summed E-state index contributed by atoms with van der Waals surface area (Å²) in [5.41, 5.74) is 6.65. The van der Waals surface area contributed by atoms with Crippen LogP contribution in [0.1, 0.15) is 17.5 Å². The second-order valence-corrected chi connectivity index (χ2v) is 7.54. The number of hydrogen-bond acceptors (Lipinski definition) is 5. The van der Waals surface area contributed by atoms with Gasteiger partial charge >= 0.3 is 6.09 Å². The summed E-state index contributed by atoms with van der Waals surface area (Å²) in [5, 5.41) is 15.5. The van der Waals surface area contributed by atoms with Crippen LogP contribution >= 0.6 is 23.2 Å². The molecule has 0 fully saturated rings. The van der Waals surface area contributed by atoms with Crippen molar-refractivity contribution < 1.29 is 24.2 Å². The lowest BCUT2D eigenvalue weighted by molar-refractivity contribution is -0.128. The molecule has 0 spiro atoms. The Morgan fingerprint density at radius 1 is 1.03 bits per heavy atom. The molecule has 0 saturated carbocycles. The smallest absolute Gasteiger partial charge is 0.407 e. The van der Waals surface area contributed by atoms with Crippen molar-refractivity contribution in [2.24, 2.45) is 5.73 Å². The highest BCUT2D eigenvalue weighted by atomic mass is 35.5. The second-order valence-electron chi connectivity index (χ2n) is 6.73. The van der Waals surface area contributed by atoms with Gasteiger partial charge in [-0.2, -0.15) is 0 Å². The van der Waals surface area contributed by atoms with Crippen molar-refractivity contribution in [1.82, 2.24) is 10.6 Å². The van der Waals surface area contributed by atoms with Crippen molar-refractivity contribution in [1.29, 1.82) is 0 Å². The number of primary amides is 1. The first-order valence-electron chi connectivity index (χ1n) is 9.40. The van der Waals surface area contributed by atoms with Crippen molar-refractivity contribution >= 4 is 41.1 Å². The summed E-state index contributed by atoms with van der Waals surface area (Å²) in [6.07, 6.45) is -2.29. The summed E-state index contributed by atoms with van der Waals surface area (Å²) >= 11 is 12.2. The van der Waals surface area contributed by atoms with Gasteiger partial charge in [-0.05, 0) is 23.3 Å². The van der Waals surface area contributed by atoms with Crippen molar-refractivity contribution in [3.8, 4) is 0 Å². The molecule has 0 aromatic heterocycles. The van der Waals surface area contributed by atoms with Gasteiger partial charge in [0.25, 0.3) is 0 Å². The Kier molecular flexibility index (Phi) is 9.58. The third-order valence-corrected chi connectivity index (χ3v) is 4.97. The van der Waals surface area contributed by atoms with Gasteiger partial charge in [0.15, 0.2) is 0 Å². The van der Waals surface area contributed by atoms with E-state index in [0.717, 1.165) is 5.56 Å². The number of alkyl carbamates (subject to hydrolysis) is 1. The van der Waals surface area contributed by atoms with Crippen molar-refractivity contribution in [2.45, 2.75) is 31.6 Å². The molecule has 0 unspecified atom stereocenters. The summed E-state index contributed by atoms with van der Waals surface area (Å²) in [7, 11) is 0. The topological polar surface area (TPSA) is 131 Å². The number of aliphatic hydroxyl groups excluding tert-OH is 1. The van der Waals surface area contributed by atoms with E-state index in [1.807, 2.05) is 18.2 Å². The van der Waals surface area contributed by atoms with Gasteiger partial charge in [-0.15, -0.1) is 0 Å². The van der Waals surface area contributed by atoms with E-state index in [-0.39, 0.29) is 26.0 Å². The third kappa shape index (κ3) is 8.45. The minimum absolute atomic E-state index is 0.000261. The first-order chi connectivity index (χ1) is 14.8. The molecule has 3 amide bonds. The van der Waals surface area contributed by atoms with E-state index in [0.29, 0.717) is 15.6 Å². The van der Waals surface area contributed by atoms with Crippen LogP contribution in [0, 0.1) is 0 Å². The van der Waals surface area contributed by atoms with E-state index in [1.165, 1.54) is 0 Å². The number of aliphatic hydroxyl groups is 1. The maximum absolute atomic E-state index is 12.2.